The fourth-order valence-electron chi connectivity index (χ4n) is 2.78. The van der Waals surface area contributed by atoms with Gasteiger partial charge in [0.2, 0.25) is 22.7 Å². The number of sulfonamides is 1. The zero-order valence-corrected chi connectivity index (χ0v) is 16.9. The molecule has 3 rings (SSSR count). The molecule has 0 unspecified atom stereocenters. The van der Waals surface area contributed by atoms with Crippen LogP contribution in [0.3, 0.4) is 0 Å². The number of rotatable bonds is 6. The smallest absolute Gasteiger partial charge is 0.241 e. The molecule has 0 atom stereocenters. The number of amides is 1. The highest BCUT2D eigenvalue weighted by Gasteiger charge is 2.22. The van der Waals surface area contributed by atoms with Crippen LogP contribution in [-0.2, 0) is 21.2 Å². The van der Waals surface area contributed by atoms with Crippen LogP contribution >= 0.6 is 0 Å². The normalized spacial score (nSPS) is 13.4. The maximum atomic E-state index is 12.4. The van der Waals surface area contributed by atoms with Gasteiger partial charge in [-0.2, -0.15) is 0 Å². The monoisotopic (exact) mass is 404 g/mol. The van der Waals surface area contributed by atoms with Crippen LogP contribution in [0.25, 0.3) is 0 Å². The van der Waals surface area contributed by atoms with Crippen LogP contribution in [0.5, 0.6) is 11.5 Å². The van der Waals surface area contributed by atoms with Crippen LogP contribution in [0, 0.1) is 0 Å². The standard InChI is InChI=1S/C20H24N2O5S/c1-20(2,3)22-28(24,25)16-6-4-5-15(12-16)21-19(23)10-8-14-7-9-17-18(11-14)27-13-26-17/h4-7,9,11-12,22H,8,10,13H2,1-3H3,(H,21,23). The summed E-state index contributed by atoms with van der Waals surface area (Å²) in [7, 11) is -3.66. The van der Waals surface area contributed by atoms with Crippen LogP contribution < -0.4 is 19.5 Å². The van der Waals surface area contributed by atoms with E-state index in [-0.39, 0.29) is 24.0 Å². The van der Waals surface area contributed by atoms with E-state index in [9.17, 15) is 13.2 Å². The number of nitrogens with one attached hydrogen (secondary N) is 2. The Morgan fingerprint density at radius 3 is 2.57 bits per heavy atom. The van der Waals surface area contributed by atoms with E-state index in [2.05, 4.69) is 10.0 Å². The van der Waals surface area contributed by atoms with Gasteiger partial charge in [-0.15, -0.1) is 0 Å². The van der Waals surface area contributed by atoms with Crippen molar-refractivity contribution in [2.24, 2.45) is 0 Å². The van der Waals surface area contributed by atoms with Crippen molar-refractivity contribution in [3.05, 3.63) is 48.0 Å². The van der Waals surface area contributed by atoms with Gasteiger partial charge < -0.3 is 14.8 Å². The zero-order valence-electron chi connectivity index (χ0n) is 16.1. The average molecular weight is 404 g/mol. The average Bonchev–Trinajstić information content (AvgIpc) is 3.06. The van der Waals surface area contributed by atoms with Crippen LogP contribution in [-0.4, -0.2) is 26.7 Å². The summed E-state index contributed by atoms with van der Waals surface area (Å²) in [5.74, 6) is 1.19. The molecule has 0 spiro atoms. The predicted molar refractivity (Wildman–Crippen MR) is 106 cm³/mol. The van der Waals surface area contributed by atoms with Crippen LogP contribution in [0.2, 0.25) is 0 Å². The molecule has 0 aromatic heterocycles. The van der Waals surface area contributed by atoms with E-state index in [1.807, 2.05) is 18.2 Å². The second-order valence-electron chi connectivity index (χ2n) is 7.62. The number of aryl methyl sites for hydroxylation is 1. The number of carbonyl (C=O) groups is 1. The molecule has 0 aliphatic carbocycles. The van der Waals surface area contributed by atoms with Crippen LogP contribution in [0.15, 0.2) is 47.4 Å². The molecule has 7 nitrogen and oxygen atoms in total. The van der Waals surface area contributed by atoms with Crippen LogP contribution in [0.1, 0.15) is 32.8 Å². The Morgan fingerprint density at radius 2 is 1.82 bits per heavy atom. The molecule has 0 radical (unpaired) electrons. The van der Waals surface area contributed by atoms with Crippen molar-refractivity contribution in [3.8, 4) is 11.5 Å². The highest BCUT2D eigenvalue weighted by atomic mass is 32.2. The Hall–Kier alpha value is -2.58. The Labute approximate surface area is 165 Å². The molecule has 0 fully saturated rings. The number of carbonyl (C=O) groups excluding carboxylic acids is 1. The Balaban J connectivity index is 1.61. The van der Waals surface area contributed by atoms with E-state index in [4.69, 9.17) is 9.47 Å². The molecule has 2 N–H and O–H groups in total. The summed E-state index contributed by atoms with van der Waals surface area (Å²) in [6.07, 6.45) is 0.795. The molecule has 0 saturated heterocycles. The second kappa shape index (κ2) is 7.81. The minimum Gasteiger partial charge on any atom is -0.454 e. The lowest BCUT2D eigenvalue weighted by Gasteiger charge is -2.20. The SMILES string of the molecule is CC(C)(C)NS(=O)(=O)c1cccc(NC(=O)CCc2ccc3c(c2)OCO3)c1. The van der Waals surface area contributed by atoms with E-state index >= 15 is 0 Å². The quantitative estimate of drug-likeness (QED) is 0.772. The lowest BCUT2D eigenvalue weighted by molar-refractivity contribution is -0.116. The molecule has 8 heteroatoms. The number of hydrogen-bond acceptors (Lipinski definition) is 5. The molecule has 1 amide bonds. The van der Waals surface area contributed by atoms with Crippen LogP contribution in [0.4, 0.5) is 5.69 Å². The number of benzene rings is 2. The van der Waals surface area contributed by atoms with Gasteiger partial charge in [0.15, 0.2) is 11.5 Å². The van der Waals surface area contributed by atoms with Gasteiger partial charge in [-0.1, -0.05) is 12.1 Å². The van der Waals surface area contributed by atoms with E-state index in [0.717, 1.165) is 5.56 Å². The molecular weight excluding hydrogens is 380 g/mol. The van der Waals surface area contributed by atoms with Gasteiger partial charge in [-0.05, 0) is 63.1 Å². The van der Waals surface area contributed by atoms with Gasteiger partial charge in [0.25, 0.3) is 0 Å². The second-order valence-corrected chi connectivity index (χ2v) is 9.30. The molecule has 1 aliphatic rings. The molecule has 1 aliphatic heterocycles. The van der Waals surface area contributed by atoms with Crippen molar-refractivity contribution >= 4 is 21.6 Å². The maximum absolute atomic E-state index is 12.4. The van der Waals surface area contributed by atoms with E-state index in [0.29, 0.717) is 23.6 Å². The fourth-order valence-corrected chi connectivity index (χ4v) is 4.24. The lowest BCUT2D eigenvalue weighted by Crippen LogP contribution is -2.40. The molecular formula is C20H24N2O5S. The lowest BCUT2D eigenvalue weighted by atomic mass is 10.1. The topological polar surface area (TPSA) is 93.7 Å². The summed E-state index contributed by atoms with van der Waals surface area (Å²) in [5, 5.41) is 2.75. The fraction of sp³-hybridized carbons (Fsp3) is 0.350. The van der Waals surface area contributed by atoms with E-state index in [1.165, 1.54) is 12.1 Å². The molecule has 0 saturated carbocycles. The van der Waals surface area contributed by atoms with Crippen molar-refractivity contribution in [2.75, 3.05) is 12.1 Å². The third kappa shape index (κ3) is 5.24. The number of anilines is 1. The van der Waals surface area contributed by atoms with Crippen molar-refractivity contribution in [1.29, 1.82) is 0 Å². The van der Waals surface area contributed by atoms with Gasteiger partial charge in [0.05, 0.1) is 4.90 Å². The molecule has 2 aromatic carbocycles. The minimum absolute atomic E-state index is 0.107. The van der Waals surface area contributed by atoms with Crippen molar-refractivity contribution in [1.82, 2.24) is 4.72 Å². The van der Waals surface area contributed by atoms with Gasteiger partial charge in [-0.25, -0.2) is 13.1 Å². The summed E-state index contributed by atoms with van der Waals surface area (Å²) in [5.41, 5.74) is 0.806. The van der Waals surface area contributed by atoms with Crippen molar-refractivity contribution in [2.45, 2.75) is 44.0 Å². The number of fused-ring (bicyclic) bond motifs is 1. The van der Waals surface area contributed by atoms with Crippen molar-refractivity contribution < 1.29 is 22.7 Å². The first-order chi connectivity index (χ1) is 13.1. The summed E-state index contributed by atoms with van der Waals surface area (Å²) >= 11 is 0. The number of hydrogen-bond donors (Lipinski definition) is 2. The molecule has 28 heavy (non-hydrogen) atoms. The van der Waals surface area contributed by atoms with Gasteiger partial charge >= 0.3 is 0 Å². The third-order valence-electron chi connectivity index (χ3n) is 3.95. The first kappa shape index (κ1) is 20.2. The minimum atomic E-state index is -3.66. The molecule has 150 valence electrons. The van der Waals surface area contributed by atoms with E-state index in [1.54, 1.807) is 32.9 Å². The number of ether oxygens (including phenoxy) is 2. The van der Waals surface area contributed by atoms with Crippen molar-refractivity contribution in [3.63, 3.8) is 0 Å². The Bertz CT molecular complexity index is 980. The summed E-state index contributed by atoms with van der Waals surface area (Å²) < 4.78 is 38.1. The summed E-state index contributed by atoms with van der Waals surface area (Å²) in [6, 6.07) is 11.8. The Morgan fingerprint density at radius 1 is 1.07 bits per heavy atom. The zero-order chi connectivity index (χ0) is 20.4. The predicted octanol–water partition coefficient (Wildman–Crippen LogP) is 3.06. The summed E-state index contributed by atoms with van der Waals surface area (Å²) in [4.78, 5) is 12.4. The highest BCUT2D eigenvalue weighted by Crippen LogP contribution is 2.32. The van der Waals surface area contributed by atoms with E-state index < -0.39 is 15.6 Å². The molecule has 1 heterocycles. The summed E-state index contributed by atoms with van der Waals surface area (Å²) in [6.45, 7) is 5.52. The maximum Gasteiger partial charge on any atom is 0.241 e. The first-order valence-electron chi connectivity index (χ1n) is 8.95. The van der Waals surface area contributed by atoms with Gasteiger partial charge in [0, 0.05) is 17.6 Å². The van der Waals surface area contributed by atoms with Gasteiger partial charge in [0.1, 0.15) is 0 Å². The Kier molecular flexibility index (Phi) is 5.62. The highest BCUT2D eigenvalue weighted by molar-refractivity contribution is 7.89. The van der Waals surface area contributed by atoms with Gasteiger partial charge in [-0.3, -0.25) is 4.79 Å². The third-order valence-corrected chi connectivity index (χ3v) is 5.70. The molecule has 2 aromatic rings. The molecule has 0 bridgehead atoms. The first-order valence-corrected chi connectivity index (χ1v) is 10.4. The largest absolute Gasteiger partial charge is 0.454 e.